The van der Waals surface area contributed by atoms with Crippen LogP contribution in [0.25, 0.3) is 11.7 Å². The predicted octanol–water partition coefficient (Wildman–Crippen LogP) is 3.78. The smallest absolute Gasteiger partial charge is 0.228 e. The van der Waals surface area contributed by atoms with Crippen LogP contribution in [0.15, 0.2) is 42.2 Å². The molecule has 9 heteroatoms. The van der Waals surface area contributed by atoms with E-state index in [1.54, 1.807) is 16.8 Å². The Hall–Kier alpha value is -4.19. The maximum Gasteiger partial charge on any atom is 0.228 e. The number of allylic oxidation sites excluding steroid dienone is 1. The molecule has 5 rings (SSSR count). The molecule has 3 N–H and O–H groups in total. The molecule has 1 aromatic carbocycles. The Kier molecular flexibility index (Phi) is 4.63. The van der Waals surface area contributed by atoms with E-state index in [1.807, 2.05) is 19.1 Å². The Balaban J connectivity index is 1.62. The Morgan fingerprint density at radius 1 is 1.41 bits per heavy atom. The highest BCUT2D eigenvalue weighted by atomic mass is 19.1. The van der Waals surface area contributed by atoms with Crippen LogP contribution < -0.4 is 16.0 Å². The van der Waals surface area contributed by atoms with E-state index in [9.17, 15) is 9.18 Å². The minimum atomic E-state index is -0.537. The molecule has 2 fully saturated rings. The summed E-state index contributed by atoms with van der Waals surface area (Å²) in [4.78, 5) is 16.4. The largest absolute Gasteiger partial charge is 0.367 e. The van der Waals surface area contributed by atoms with E-state index in [4.69, 9.17) is 10.2 Å². The molecule has 0 bridgehead atoms. The second kappa shape index (κ2) is 7.50. The van der Waals surface area contributed by atoms with Crippen LogP contribution in [0.2, 0.25) is 0 Å². The zero-order valence-electron chi connectivity index (χ0n) is 17.4. The normalized spacial score (nSPS) is 17.0. The molecule has 0 radical (unpaired) electrons. The molecule has 1 amide bonds. The fraction of sp³-hybridized carbons (Fsp3) is 0.217. The van der Waals surface area contributed by atoms with Gasteiger partial charge in [0.1, 0.15) is 17.5 Å². The van der Waals surface area contributed by atoms with Crippen LogP contribution in [0, 0.1) is 24.1 Å². The van der Waals surface area contributed by atoms with Gasteiger partial charge in [-0.25, -0.2) is 9.37 Å². The fourth-order valence-electron chi connectivity index (χ4n) is 3.62. The zero-order valence-corrected chi connectivity index (χ0v) is 17.4. The Labute approximate surface area is 183 Å². The number of amides is 1. The standard InChI is InChI=1S/C23H20FN7O/c1-12-21(29-19-6-3-14(10-25)7-18(19)24)30-23-16(8-15-9-20(32)27-13(15)2)11-26-31(23)22(12)28-17-4-5-17/h3,6-8,11,17,28H,2,4-5,9H2,1H3,(H,27,32)(H,29,30)/b15-8+. The Bertz CT molecular complexity index is 1360. The fourth-order valence-corrected chi connectivity index (χ4v) is 3.62. The molecule has 160 valence electrons. The highest BCUT2D eigenvalue weighted by Gasteiger charge is 2.26. The highest BCUT2D eigenvalue weighted by molar-refractivity contribution is 5.90. The second-order valence-corrected chi connectivity index (χ2v) is 7.99. The van der Waals surface area contributed by atoms with E-state index < -0.39 is 5.82 Å². The quantitative estimate of drug-likeness (QED) is 0.570. The van der Waals surface area contributed by atoms with Gasteiger partial charge in [-0.1, -0.05) is 6.58 Å². The van der Waals surface area contributed by atoms with Gasteiger partial charge in [-0.3, -0.25) is 4.79 Å². The van der Waals surface area contributed by atoms with Crippen molar-refractivity contribution >= 4 is 35.0 Å². The van der Waals surface area contributed by atoms with Crippen molar-refractivity contribution in [3.8, 4) is 6.07 Å². The SMILES string of the molecule is C=C1NC(=O)C/C1=C\c1cnn2c(NC3CC3)c(C)c(Nc3ccc(C#N)cc3F)nc12. The molecule has 0 unspecified atom stereocenters. The van der Waals surface area contributed by atoms with Gasteiger partial charge in [-0.15, -0.1) is 0 Å². The maximum absolute atomic E-state index is 14.5. The lowest BCUT2D eigenvalue weighted by Crippen LogP contribution is -2.12. The summed E-state index contributed by atoms with van der Waals surface area (Å²) in [5, 5.41) is 22.7. The molecule has 1 saturated carbocycles. The molecule has 0 spiro atoms. The lowest BCUT2D eigenvalue weighted by atomic mass is 10.1. The molecule has 32 heavy (non-hydrogen) atoms. The van der Waals surface area contributed by atoms with Gasteiger partial charge >= 0.3 is 0 Å². The lowest BCUT2D eigenvalue weighted by Gasteiger charge is -2.16. The molecule has 1 aliphatic heterocycles. The van der Waals surface area contributed by atoms with Crippen molar-refractivity contribution in [1.82, 2.24) is 19.9 Å². The van der Waals surface area contributed by atoms with Gasteiger partial charge in [-0.2, -0.15) is 14.9 Å². The van der Waals surface area contributed by atoms with Crippen molar-refractivity contribution in [2.24, 2.45) is 0 Å². The summed E-state index contributed by atoms with van der Waals surface area (Å²) in [7, 11) is 0. The first-order valence-corrected chi connectivity index (χ1v) is 10.2. The minimum Gasteiger partial charge on any atom is -0.367 e. The van der Waals surface area contributed by atoms with Crippen LogP contribution in [0.4, 0.5) is 21.7 Å². The number of hydrogen-bond donors (Lipinski definition) is 3. The monoisotopic (exact) mass is 429 g/mol. The van der Waals surface area contributed by atoms with Gasteiger partial charge in [0.05, 0.1) is 29.9 Å². The van der Waals surface area contributed by atoms with E-state index in [0.29, 0.717) is 23.2 Å². The number of nitrogens with zero attached hydrogens (tertiary/aromatic N) is 4. The third kappa shape index (κ3) is 3.56. The number of nitriles is 1. The summed E-state index contributed by atoms with van der Waals surface area (Å²) >= 11 is 0. The number of anilines is 3. The molecular weight excluding hydrogens is 409 g/mol. The number of aromatic nitrogens is 3. The molecule has 8 nitrogen and oxygen atoms in total. The number of carbonyl (C=O) groups excluding carboxylic acids is 1. The van der Waals surface area contributed by atoms with Crippen molar-refractivity contribution < 1.29 is 9.18 Å². The van der Waals surface area contributed by atoms with Crippen LogP contribution >= 0.6 is 0 Å². The summed E-state index contributed by atoms with van der Waals surface area (Å²) in [5.41, 5.74) is 3.88. The van der Waals surface area contributed by atoms with Crippen LogP contribution in [-0.2, 0) is 4.79 Å². The Morgan fingerprint density at radius 2 is 2.22 bits per heavy atom. The van der Waals surface area contributed by atoms with Crippen molar-refractivity contribution in [1.29, 1.82) is 5.26 Å². The van der Waals surface area contributed by atoms with Gasteiger partial charge in [0.15, 0.2) is 5.65 Å². The summed E-state index contributed by atoms with van der Waals surface area (Å²) in [6.45, 7) is 5.78. The average molecular weight is 429 g/mol. The van der Waals surface area contributed by atoms with Gasteiger partial charge in [0, 0.05) is 22.9 Å². The van der Waals surface area contributed by atoms with Crippen molar-refractivity contribution in [3.63, 3.8) is 0 Å². The van der Waals surface area contributed by atoms with Crippen molar-refractivity contribution in [3.05, 3.63) is 64.8 Å². The van der Waals surface area contributed by atoms with E-state index in [-0.39, 0.29) is 23.6 Å². The number of benzene rings is 1. The van der Waals surface area contributed by atoms with E-state index in [2.05, 4.69) is 27.6 Å². The minimum absolute atomic E-state index is 0.101. The predicted molar refractivity (Wildman–Crippen MR) is 119 cm³/mol. The van der Waals surface area contributed by atoms with Gasteiger partial charge in [-0.05, 0) is 49.6 Å². The molecule has 3 heterocycles. The van der Waals surface area contributed by atoms with Crippen molar-refractivity contribution in [2.45, 2.75) is 32.2 Å². The summed E-state index contributed by atoms with van der Waals surface area (Å²) in [5.74, 6) is 0.614. The molecule has 1 saturated heterocycles. The molecule has 2 aromatic heterocycles. The van der Waals surface area contributed by atoms with Crippen molar-refractivity contribution in [2.75, 3.05) is 10.6 Å². The van der Waals surface area contributed by atoms with Crippen LogP contribution in [0.3, 0.4) is 0 Å². The first-order chi connectivity index (χ1) is 15.4. The third-order valence-electron chi connectivity index (χ3n) is 5.54. The second-order valence-electron chi connectivity index (χ2n) is 7.99. The van der Waals surface area contributed by atoms with Gasteiger partial charge < -0.3 is 16.0 Å². The van der Waals surface area contributed by atoms with E-state index in [0.717, 1.165) is 35.4 Å². The zero-order chi connectivity index (χ0) is 22.4. The first-order valence-electron chi connectivity index (χ1n) is 10.2. The number of hydrogen-bond acceptors (Lipinski definition) is 6. The molecular formula is C23H20FN7O. The topological polar surface area (TPSA) is 107 Å². The molecule has 1 aliphatic carbocycles. The average Bonchev–Trinajstić information content (AvgIpc) is 3.42. The maximum atomic E-state index is 14.5. The summed E-state index contributed by atoms with van der Waals surface area (Å²) in [6.07, 6.45) is 5.92. The van der Waals surface area contributed by atoms with Gasteiger partial charge in [0.25, 0.3) is 0 Å². The molecule has 3 aromatic rings. The number of rotatable bonds is 5. The van der Waals surface area contributed by atoms with Crippen LogP contribution in [0.1, 0.15) is 36.0 Å². The number of halogens is 1. The third-order valence-corrected chi connectivity index (χ3v) is 5.54. The van der Waals surface area contributed by atoms with Crippen LogP contribution in [0.5, 0.6) is 0 Å². The first kappa shape index (κ1) is 19.8. The van der Waals surface area contributed by atoms with E-state index in [1.165, 1.54) is 12.1 Å². The highest BCUT2D eigenvalue weighted by Crippen LogP contribution is 2.33. The molecule has 0 atom stereocenters. The number of nitrogens with one attached hydrogen (secondary N) is 3. The van der Waals surface area contributed by atoms with Gasteiger partial charge in [0.2, 0.25) is 5.91 Å². The summed E-state index contributed by atoms with van der Waals surface area (Å²) in [6, 6.07) is 6.54. The summed E-state index contributed by atoms with van der Waals surface area (Å²) < 4.78 is 16.3. The van der Waals surface area contributed by atoms with E-state index >= 15 is 0 Å². The molecule has 2 aliphatic rings. The number of fused-ring (bicyclic) bond motifs is 1. The van der Waals surface area contributed by atoms with Crippen LogP contribution in [-0.4, -0.2) is 26.5 Å². The lowest BCUT2D eigenvalue weighted by molar-refractivity contribution is -0.118. The Morgan fingerprint density at radius 3 is 2.88 bits per heavy atom. The number of carbonyl (C=O) groups is 1.